The van der Waals surface area contributed by atoms with E-state index in [0.29, 0.717) is 11.3 Å². The molecule has 0 aromatic heterocycles. The number of rotatable bonds is 3. The minimum Gasteiger partial charge on any atom is -0.507 e. The molecule has 21 heavy (non-hydrogen) atoms. The molecule has 108 valence electrons. The maximum absolute atomic E-state index is 11.9. The minimum atomic E-state index is -0.514. The fraction of sp³-hybridized carbons (Fsp3) is 0.125. The highest BCUT2D eigenvalue weighted by molar-refractivity contribution is 6.03. The molecule has 1 amide bonds. The van der Waals surface area contributed by atoms with Crippen LogP contribution in [0, 0.1) is 6.92 Å². The number of phenols is 2. The number of aryl methyl sites for hydroxylation is 1. The van der Waals surface area contributed by atoms with Crippen LogP contribution in [0.1, 0.15) is 28.4 Å². The van der Waals surface area contributed by atoms with E-state index < -0.39 is 5.91 Å². The third kappa shape index (κ3) is 3.39. The maximum atomic E-state index is 11.9. The average molecular weight is 284 g/mol. The topological polar surface area (TPSA) is 81.9 Å². The summed E-state index contributed by atoms with van der Waals surface area (Å²) in [7, 11) is 0. The van der Waals surface area contributed by atoms with E-state index in [9.17, 15) is 15.0 Å². The molecule has 0 spiro atoms. The summed E-state index contributed by atoms with van der Waals surface area (Å²) in [6, 6.07) is 11.3. The van der Waals surface area contributed by atoms with E-state index in [2.05, 4.69) is 10.5 Å². The highest BCUT2D eigenvalue weighted by Gasteiger charge is 2.10. The summed E-state index contributed by atoms with van der Waals surface area (Å²) in [6.07, 6.45) is 0. The van der Waals surface area contributed by atoms with Crippen LogP contribution in [0.3, 0.4) is 0 Å². The van der Waals surface area contributed by atoms with Crippen molar-refractivity contribution >= 4 is 11.6 Å². The van der Waals surface area contributed by atoms with Gasteiger partial charge in [0, 0.05) is 5.56 Å². The number of hydrogen-bond donors (Lipinski definition) is 3. The van der Waals surface area contributed by atoms with Gasteiger partial charge in [0.25, 0.3) is 5.91 Å². The first-order valence-corrected chi connectivity index (χ1v) is 6.41. The van der Waals surface area contributed by atoms with Crippen molar-refractivity contribution < 1.29 is 15.0 Å². The lowest BCUT2D eigenvalue weighted by Crippen LogP contribution is -2.19. The van der Waals surface area contributed by atoms with Crippen molar-refractivity contribution in [3.8, 4) is 11.5 Å². The standard InChI is InChI=1S/C16H16N2O3/c1-10-7-8-15(20)13(9-10)11(2)17-18-16(21)12-5-3-4-6-14(12)19/h3-9,19-20H,1-2H3,(H,18,21)/b17-11-. The molecule has 0 bridgehead atoms. The van der Waals surface area contributed by atoms with Gasteiger partial charge in [-0.15, -0.1) is 0 Å². The third-order valence-corrected chi connectivity index (χ3v) is 3.02. The molecule has 2 aromatic rings. The van der Waals surface area contributed by atoms with E-state index in [0.717, 1.165) is 5.56 Å². The number of nitrogens with one attached hydrogen (secondary N) is 1. The van der Waals surface area contributed by atoms with E-state index in [1.54, 1.807) is 37.3 Å². The van der Waals surface area contributed by atoms with Crippen molar-refractivity contribution in [2.75, 3.05) is 0 Å². The highest BCUT2D eigenvalue weighted by atomic mass is 16.3. The number of hydrogen-bond acceptors (Lipinski definition) is 4. The average Bonchev–Trinajstić information content (AvgIpc) is 2.47. The molecule has 0 unspecified atom stereocenters. The molecule has 0 aliphatic carbocycles. The fourth-order valence-corrected chi connectivity index (χ4v) is 1.86. The van der Waals surface area contributed by atoms with Crippen LogP contribution in [0.2, 0.25) is 0 Å². The summed E-state index contributed by atoms with van der Waals surface area (Å²) in [5.74, 6) is -0.528. The Labute approximate surface area is 122 Å². The zero-order valence-corrected chi connectivity index (χ0v) is 11.8. The summed E-state index contributed by atoms with van der Waals surface area (Å²) in [4.78, 5) is 11.9. The lowest BCUT2D eigenvalue weighted by Gasteiger charge is -2.07. The van der Waals surface area contributed by atoms with Gasteiger partial charge >= 0.3 is 0 Å². The van der Waals surface area contributed by atoms with Crippen LogP contribution in [0.4, 0.5) is 0 Å². The first kappa shape index (κ1) is 14.6. The Hall–Kier alpha value is -2.82. The molecule has 0 atom stereocenters. The predicted octanol–water partition coefficient (Wildman–Crippen LogP) is 2.56. The van der Waals surface area contributed by atoms with Crippen LogP contribution in [0.15, 0.2) is 47.6 Å². The number of carbonyl (C=O) groups excluding carboxylic acids is 1. The van der Waals surface area contributed by atoms with Crippen LogP contribution in [0.25, 0.3) is 0 Å². The number of nitrogens with zero attached hydrogens (tertiary/aromatic N) is 1. The quantitative estimate of drug-likeness (QED) is 0.598. The molecule has 2 aromatic carbocycles. The Kier molecular flexibility index (Phi) is 4.23. The summed E-state index contributed by atoms with van der Waals surface area (Å²) < 4.78 is 0. The highest BCUT2D eigenvalue weighted by Crippen LogP contribution is 2.19. The number of aromatic hydroxyl groups is 2. The number of benzene rings is 2. The van der Waals surface area contributed by atoms with Crippen molar-refractivity contribution in [2.24, 2.45) is 5.10 Å². The van der Waals surface area contributed by atoms with Crippen molar-refractivity contribution in [1.82, 2.24) is 5.43 Å². The fourth-order valence-electron chi connectivity index (χ4n) is 1.86. The normalized spacial score (nSPS) is 11.2. The predicted molar refractivity (Wildman–Crippen MR) is 80.6 cm³/mol. The molecular weight excluding hydrogens is 268 g/mol. The molecule has 0 fully saturated rings. The second-order valence-corrected chi connectivity index (χ2v) is 4.68. The first-order chi connectivity index (χ1) is 9.99. The van der Waals surface area contributed by atoms with E-state index in [4.69, 9.17) is 0 Å². The Morgan fingerprint density at radius 1 is 1.05 bits per heavy atom. The zero-order valence-electron chi connectivity index (χ0n) is 11.8. The number of amides is 1. The van der Waals surface area contributed by atoms with Crippen LogP contribution >= 0.6 is 0 Å². The second-order valence-electron chi connectivity index (χ2n) is 4.68. The van der Waals surface area contributed by atoms with Crippen molar-refractivity contribution in [3.05, 3.63) is 59.2 Å². The lowest BCUT2D eigenvalue weighted by atomic mass is 10.1. The molecule has 0 heterocycles. The van der Waals surface area contributed by atoms with E-state index >= 15 is 0 Å². The molecule has 3 N–H and O–H groups in total. The van der Waals surface area contributed by atoms with E-state index in [1.165, 1.54) is 12.1 Å². The van der Waals surface area contributed by atoms with Gasteiger partial charge in [0.2, 0.25) is 0 Å². The Morgan fingerprint density at radius 2 is 1.71 bits per heavy atom. The summed E-state index contributed by atoms with van der Waals surface area (Å²) in [6.45, 7) is 3.58. The number of para-hydroxylation sites is 1. The molecule has 5 heteroatoms. The Morgan fingerprint density at radius 3 is 2.43 bits per heavy atom. The largest absolute Gasteiger partial charge is 0.507 e. The molecule has 0 saturated carbocycles. The van der Waals surface area contributed by atoms with Gasteiger partial charge < -0.3 is 10.2 Å². The molecule has 0 radical (unpaired) electrons. The molecule has 0 saturated heterocycles. The Bertz CT molecular complexity index is 708. The van der Waals surface area contributed by atoms with Gasteiger partial charge in [0.05, 0.1) is 11.3 Å². The Balaban J connectivity index is 2.19. The van der Waals surface area contributed by atoms with E-state index in [1.807, 2.05) is 6.92 Å². The SMILES string of the molecule is C/C(=N/NC(=O)c1ccccc1O)c1cc(C)ccc1O. The molecule has 0 aliphatic rings. The van der Waals surface area contributed by atoms with Crippen LogP contribution in [-0.2, 0) is 0 Å². The first-order valence-electron chi connectivity index (χ1n) is 6.41. The van der Waals surface area contributed by atoms with Gasteiger partial charge in [0.15, 0.2) is 0 Å². The summed E-state index contributed by atoms with van der Waals surface area (Å²) in [5, 5.41) is 23.4. The van der Waals surface area contributed by atoms with Gasteiger partial charge in [-0.1, -0.05) is 23.8 Å². The van der Waals surface area contributed by atoms with Crippen molar-refractivity contribution in [3.63, 3.8) is 0 Å². The third-order valence-electron chi connectivity index (χ3n) is 3.02. The second kappa shape index (κ2) is 6.09. The van der Waals surface area contributed by atoms with Crippen molar-refractivity contribution in [1.29, 1.82) is 0 Å². The molecule has 2 rings (SSSR count). The number of hydrazone groups is 1. The maximum Gasteiger partial charge on any atom is 0.275 e. The molecule has 5 nitrogen and oxygen atoms in total. The van der Waals surface area contributed by atoms with Crippen LogP contribution in [0.5, 0.6) is 11.5 Å². The molecule has 0 aliphatic heterocycles. The van der Waals surface area contributed by atoms with Gasteiger partial charge in [-0.3, -0.25) is 4.79 Å². The van der Waals surface area contributed by atoms with Crippen LogP contribution in [-0.4, -0.2) is 21.8 Å². The monoisotopic (exact) mass is 284 g/mol. The summed E-state index contributed by atoms with van der Waals surface area (Å²) >= 11 is 0. The van der Waals surface area contributed by atoms with Gasteiger partial charge in [0.1, 0.15) is 11.5 Å². The van der Waals surface area contributed by atoms with Crippen LogP contribution < -0.4 is 5.43 Å². The number of phenolic OH excluding ortho intramolecular Hbond substituents is 2. The van der Waals surface area contributed by atoms with Crippen molar-refractivity contribution in [2.45, 2.75) is 13.8 Å². The summed E-state index contributed by atoms with van der Waals surface area (Å²) in [5.41, 5.74) is 4.50. The van der Waals surface area contributed by atoms with E-state index in [-0.39, 0.29) is 17.1 Å². The smallest absolute Gasteiger partial charge is 0.275 e. The van der Waals surface area contributed by atoms with Gasteiger partial charge in [-0.2, -0.15) is 5.10 Å². The minimum absolute atomic E-state index is 0.0960. The van der Waals surface area contributed by atoms with Gasteiger partial charge in [-0.05, 0) is 38.1 Å². The lowest BCUT2D eigenvalue weighted by molar-refractivity contribution is 0.0952. The zero-order chi connectivity index (χ0) is 15.4. The number of carbonyl (C=O) groups is 1. The molecular formula is C16H16N2O3. The van der Waals surface area contributed by atoms with Gasteiger partial charge in [-0.25, -0.2) is 5.43 Å².